The molecule has 0 aliphatic carbocycles. The molecular formula is C20H24N4O2. The molecule has 1 heterocycles. The molecule has 26 heavy (non-hydrogen) atoms. The average Bonchev–Trinajstić information content (AvgIpc) is 2.92. The van der Waals surface area contributed by atoms with Crippen LogP contribution in [0.4, 0.5) is 5.69 Å². The normalized spacial score (nSPS) is 11.7. The Kier molecular flexibility index (Phi) is 4.70. The molecule has 136 valence electrons. The monoisotopic (exact) mass is 352 g/mol. The fraction of sp³-hybridized carbons (Fsp3) is 0.300. The number of nitrogens with zero attached hydrogens (tertiary/aromatic N) is 3. The van der Waals surface area contributed by atoms with Crippen molar-refractivity contribution in [2.75, 3.05) is 11.9 Å². The quantitative estimate of drug-likeness (QED) is 0.714. The first kappa shape index (κ1) is 17.9. The number of benzene rings is 2. The van der Waals surface area contributed by atoms with Crippen molar-refractivity contribution in [1.29, 1.82) is 0 Å². The molecule has 3 N–H and O–H groups in total. The van der Waals surface area contributed by atoms with Gasteiger partial charge in [-0.25, -0.2) is 4.98 Å². The summed E-state index contributed by atoms with van der Waals surface area (Å²) < 4.78 is 1.68. The molecular weight excluding hydrogens is 328 g/mol. The van der Waals surface area contributed by atoms with Crippen molar-refractivity contribution in [1.82, 2.24) is 9.55 Å². The zero-order chi connectivity index (χ0) is 18.9. The van der Waals surface area contributed by atoms with Gasteiger partial charge in [0.05, 0.1) is 23.2 Å². The molecule has 2 aromatic carbocycles. The molecule has 0 radical (unpaired) electrons. The molecule has 0 aliphatic rings. The van der Waals surface area contributed by atoms with Crippen LogP contribution in [0, 0.1) is 0 Å². The Balaban J connectivity index is 1.95. The lowest BCUT2D eigenvalue weighted by molar-refractivity contribution is 0.0614. The summed E-state index contributed by atoms with van der Waals surface area (Å²) in [6, 6.07) is 16.0. The summed E-state index contributed by atoms with van der Waals surface area (Å²) in [7, 11) is 2.03. The van der Waals surface area contributed by atoms with Crippen molar-refractivity contribution < 1.29 is 9.90 Å². The van der Waals surface area contributed by atoms with Crippen molar-refractivity contribution in [3.05, 3.63) is 59.9 Å². The van der Waals surface area contributed by atoms with Crippen LogP contribution >= 0.6 is 0 Å². The first-order valence-electron chi connectivity index (χ1n) is 8.52. The van der Waals surface area contributed by atoms with Crippen molar-refractivity contribution in [2.45, 2.75) is 32.5 Å². The van der Waals surface area contributed by atoms with Crippen LogP contribution in [0.15, 0.2) is 48.5 Å². The van der Waals surface area contributed by atoms with Crippen LogP contribution in [0.3, 0.4) is 0 Å². The van der Waals surface area contributed by atoms with E-state index < -0.39 is 11.5 Å². The number of imidazole rings is 1. The van der Waals surface area contributed by atoms with Crippen LogP contribution in [-0.2, 0) is 13.1 Å². The van der Waals surface area contributed by atoms with Crippen molar-refractivity contribution >= 4 is 22.6 Å². The fourth-order valence-corrected chi connectivity index (χ4v) is 3.06. The van der Waals surface area contributed by atoms with E-state index in [0.717, 1.165) is 16.8 Å². The summed E-state index contributed by atoms with van der Waals surface area (Å²) in [4.78, 5) is 18.3. The standard InChI is InChI=1S/C20H24N4O2/c1-20(2,26)13-24-17-10-9-14(11-16(17)22-19(24)18(21)25)12-23(3)15-7-5-4-6-8-15/h4-11,26H,12-13H2,1-3H3,(H2,21,25). The van der Waals surface area contributed by atoms with E-state index in [1.807, 2.05) is 43.4 Å². The molecule has 1 amide bonds. The second kappa shape index (κ2) is 6.80. The maximum Gasteiger partial charge on any atom is 0.284 e. The maximum atomic E-state index is 11.8. The summed E-state index contributed by atoms with van der Waals surface area (Å²) >= 11 is 0. The van der Waals surface area contributed by atoms with Gasteiger partial charge in [-0.2, -0.15) is 0 Å². The van der Waals surface area contributed by atoms with Gasteiger partial charge in [-0.05, 0) is 43.7 Å². The number of rotatable bonds is 6. The van der Waals surface area contributed by atoms with Gasteiger partial charge in [0.1, 0.15) is 0 Å². The van der Waals surface area contributed by atoms with Gasteiger partial charge in [0.2, 0.25) is 0 Å². The first-order valence-corrected chi connectivity index (χ1v) is 8.52. The minimum atomic E-state index is -0.982. The number of carbonyl (C=O) groups excluding carboxylic acids is 1. The Bertz CT molecular complexity index is 926. The lowest BCUT2D eigenvalue weighted by Gasteiger charge is -2.20. The van der Waals surface area contributed by atoms with Crippen molar-refractivity contribution in [2.24, 2.45) is 5.73 Å². The van der Waals surface area contributed by atoms with Crippen molar-refractivity contribution in [3.63, 3.8) is 0 Å². The van der Waals surface area contributed by atoms with Crippen LogP contribution in [0.5, 0.6) is 0 Å². The number of carbonyl (C=O) groups is 1. The molecule has 0 saturated heterocycles. The third kappa shape index (κ3) is 3.86. The topological polar surface area (TPSA) is 84.4 Å². The first-order chi connectivity index (χ1) is 12.2. The van der Waals surface area contributed by atoms with Crippen LogP contribution in [-0.4, -0.2) is 33.2 Å². The van der Waals surface area contributed by atoms with Gasteiger partial charge >= 0.3 is 0 Å². The second-order valence-electron chi connectivity index (χ2n) is 7.21. The molecule has 1 aromatic heterocycles. The van der Waals surface area contributed by atoms with E-state index in [1.165, 1.54) is 0 Å². The molecule has 0 fully saturated rings. The smallest absolute Gasteiger partial charge is 0.284 e. The summed E-state index contributed by atoms with van der Waals surface area (Å²) in [6.07, 6.45) is 0. The lowest BCUT2D eigenvalue weighted by atomic mass is 10.1. The highest BCUT2D eigenvalue weighted by Gasteiger charge is 2.21. The third-order valence-corrected chi connectivity index (χ3v) is 4.19. The number of anilines is 1. The minimum absolute atomic E-state index is 0.163. The highest BCUT2D eigenvalue weighted by molar-refractivity contribution is 5.93. The van der Waals surface area contributed by atoms with Crippen molar-refractivity contribution in [3.8, 4) is 0 Å². The van der Waals surface area contributed by atoms with Gasteiger partial charge in [-0.3, -0.25) is 4.79 Å². The van der Waals surface area contributed by atoms with Gasteiger partial charge in [0.15, 0.2) is 5.82 Å². The molecule has 3 rings (SSSR count). The molecule has 0 spiro atoms. The zero-order valence-corrected chi connectivity index (χ0v) is 15.3. The highest BCUT2D eigenvalue weighted by Crippen LogP contribution is 2.22. The van der Waals surface area contributed by atoms with E-state index in [9.17, 15) is 9.90 Å². The molecule has 6 nitrogen and oxygen atoms in total. The Morgan fingerprint density at radius 1 is 1.23 bits per heavy atom. The fourth-order valence-electron chi connectivity index (χ4n) is 3.06. The summed E-state index contributed by atoms with van der Waals surface area (Å²) in [5, 5.41) is 10.1. The van der Waals surface area contributed by atoms with E-state index in [2.05, 4.69) is 22.0 Å². The number of hydrogen-bond acceptors (Lipinski definition) is 4. The van der Waals surface area contributed by atoms with E-state index in [4.69, 9.17) is 5.73 Å². The molecule has 0 bridgehead atoms. The van der Waals surface area contributed by atoms with E-state index in [1.54, 1.807) is 18.4 Å². The molecule has 6 heteroatoms. The number of aromatic nitrogens is 2. The summed E-state index contributed by atoms with van der Waals surface area (Å²) in [5.41, 5.74) is 8.18. The molecule has 0 atom stereocenters. The number of fused-ring (bicyclic) bond motifs is 1. The van der Waals surface area contributed by atoms with Crippen LogP contribution in [0.25, 0.3) is 11.0 Å². The molecule has 0 unspecified atom stereocenters. The Morgan fingerprint density at radius 3 is 2.54 bits per heavy atom. The average molecular weight is 352 g/mol. The largest absolute Gasteiger partial charge is 0.389 e. The van der Waals surface area contributed by atoms with Crippen LogP contribution < -0.4 is 10.6 Å². The SMILES string of the molecule is CN(Cc1ccc2c(c1)nc(C(N)=O)n2CC(C)(C)O)c1ccccc1. The highest BCUT2D eigenvalue weighted by atomic mass is 16.3. The summed E-state index contributed by atoms with van der Waals surface area (Å²) in [6.45, 7) is 4.33. The minimum Gasteiger partial charge on any atom is -0.389 e. The number of para-hydroxylation sites is 1. The lowest BCUT2D eigenvalue weighted by Crippen LogP contribution is -2.29. The molecule has 0 aliphatic heterocycles. The maximum absolute atomic E-state index is 11.8. The zero-order valence-electron chi connectivity index (χ0n) is 15.3. The number of amides is 1. The van der Waals surface area contributed by atoms with E-state index >= 15 is 0 Å². The van der Waals surface area contributed by atoms with Crippen LogP contribution in [0.2, 0.25) is 0 Å². The number of primary amides is 1. The summed E-state index contributed by atoms with van der Waals surface area (Å²) in [5.74, 6) is -0.441. The van der Waals surface area contributed by atoms with Gasteiger partial charge in [0.25, 0.3) is 5.91 Å². The molecule has 3 aromatic rings. The van der Waals surface area contributed by atoms with Crippen LogP contribution in [0.1, 0.15) is 30.0 Å². The van der Waals surface area contributed by atoms with Gasteiger partial charge in [-0.15, -0.1) is 0 Å². The number of hydrogen-bond donors (Lipinski definition) is 2. The van der Waals surface area contributed by atoms with E-state index in [0.29, 0.717) is 12.1 Å². The predicted octanol–water partition coefficient (Wildman–Crippen LogP) is 2.54. The Morgan fingerprint density at radius 2 is 1.92 bits per heavy atom. The third-order valence-electron chi connectivity index (χ3n) is 4.19. The predicted molar refractivity (Wildman–Crippen MR) is 103 cm³/mol. The number of nitrogens with two attached hydrogens (primary N) is 1. The Labute approximate surface area is 152 Å². The second-order valence-corrected chi connectivity index (χ2v) is 7.21. The van der Waals surface area contributed by atoms with Gasteiger partial charge in [-0.1, -0.05) is 24.3 Å². The Hall–Kier alpha value is -2.86. The van der Waals surface area contributed by atoms with E-state index in [-0.39, 0.29) is 12.4 Å². The molecule has 0 saturated carbocycles. The van der Waals surface area contributed by atoms with Gasteiger partial charge in [0, 0.05) is 19.3 Å². The van der Waals surface area contributed by atoms with Gasteiger partial charge < -0.3 is 20.3 Å². The number of aliphatic hydroxyl groups is 1.